The first-order valence-electron chi connectivity index (χ1n) is 5.87. The van der Waals surface area contributed by atoms with E-state index in [4.69, 9.17) is 9.84 Å². The van der Waals surface area contributed by atoms with E-state index < -0.39 is 16.9 Å². The minimum atomic E-state index is -0.874. The molecule has 7 nitrogen and oxygen atoms in total. The molecule has 1 heterocycles. The van der Waals surface area contributed by atoms with Crippen molar-refractivity contribution in [3.05, 3.63) is 39.9 Å². The van der Waals surface area contributed by atoms with E-state index in [0.717, 1.165) is 5.56 Å². The van der Waals surface area contributed by atoms with Gasteiger partial charge in [-0.2, -0.15) is 0 Å². The zero-order valence-electron chi connectivity index (χ0n) is 10.1. The Hall–Kier alpha value is -1.99. The lowest BCUT2D eigenvalue weighted by Crippen LogP contribution is -2.29. The molecule has 19 heavy (non-hydrogen) atoms. The van der Waals surface area contributed by atoms with Crippen molar-refractivity contribution in [3.8, 4) is 0 Å². The van der Waals surface area contributed by atoms with Crippen molar-refractivity contribution in [3.63, 3.8) is 0 Å². The lowest BCUT2D eigenvalue weighted by molar-refractivity contribution is -0.384. The zero-order valence-corrected chi connectivity index (χ0v) is 10.1. The molecule has 1 aliphatic rings. The van der Waals surface area contributed by atoms with Gasteiger partial charge in [0.2, 0.25) is 0 Å². The molecule has 7 heteroatoms. The summed E-state index contributed by atoms with van der Waals surface area (Å²) in [5.41, 5.74) is 0.863. The summed E-state index contributed by atoms with van der Waals surface area (Å²) in [6, 6.07) is 5.56. The summed E-state index contributed by atoms with van der Waals surface area (Å²) in [5, 5.41) is 22.2. The predicted octanol–water partition coefficient (Wildman–Crippen LogP) is 0.926. The smallest absolute Gasteiger partial charge is 0.320 e. The number of nitrogens with zero attached hydrogens (tertiary/aromatic N) is 1. The van der Waals surface area contributed by atoms with Gasteiger partial charge in [-0.05, 0) is 17.7 Å². The highest BCUT2D eigenvalue weighted by atomic mass is 16.6. The summed E-state index contributed by atoms with van der Waals surface area (Å²) in [6.45, 7) is 0.820. The Labute approximate surface area is 109 Å². The van der Waals surface area contributed by atoms with Gasteiger partial charge in [0, 0.05) is 25.1 Å². The third kappa shape index (κ3) is 3.49. The maximum Gasteiger partial charge on any atom is 0.320 e. The minimum Gasteiger partial charge on any atom is -0.480 e. The Morgan fingerprint density at radius 3 is 2.68 bits per heavy atom. The minimum absolute atomic E-state index is 0.0391. The average Bonchev–Trinajstić information content (AvgIpc) is 2.86. The van der Waals surface area contributed by atoms with E-state index in [1.54, 1.807) is 12.1 Å². The van der Waals surface area contributed by atoms with E-state index in [-0.39, 0.29) is 11.8 Å². The third-order valence-electron chi connectivity index (χ3n) is 3.02. The van der Waals surface area contributed by atoms with Gasteiger partial charge in [0.25, 0.3) is 5.69 Å². The van der Waals surface area contributed by atoms with Gasteiger partial charge in [0.15, 0.2) is 0 Å². The molecule has 0 bridgehead atoms. The fourth-order valence-corrected chi connectivity index (χ4v) is 1.95. The Bertz CT molecular complexity index is 474. The topological polar surface area (TPSA) is 102 Å². The van der Waals surface area contributed by atoms with Crippen molar-refractivity contribution in [1.29, 1.82) is 0 Å². The summed E-state index contributed by atoms with van der Waals surface area (Å²) < 4.78 is 5.57. The Balaban J connectivity index is 1.83. The summed E-state index contributed by atoms with van der Waals surface area (Å²) in [5.74, 6) is -0.874. The van der Waals surface area contributed by atoms with E-state index in [1.807, 2.05) is 0 Å². The second-order valence-corrected chi connectivity index (χ2v) is 4.39. The number of rotatable bonds is 5. The van der Waals surface area contributed by atoms with Gasteiger partial charge in [0.1, 0.15) is 6.04 Å². The molecule has 102 valence electrons. The molecular formula is C12H14N2O5. The number of benzene rings is 1. The largest absolute Gasteiger partial charge is 0.480 e. The van der Waals surface area contributed by atoms with Crippen LogP contribution in [-0.2, 0) is 16.1 Å². The van der Waals surface area contributed by atoms with Gasteiger partial charge in [0.05, 0.1) is 17.6 Å². The number of carboxylic acids is 1. The van der Waals surface area contributed by atoms with Crippen LogP contribution in [0.25, 0.3) is 0 Å². The number of non-ortho nitro benzene ring substituents is 1. The average molecular weight is 266 g/mol. The molecule has 0 amide bonds. The van der Waals surface area contributed by atoms with Gasteiger partial charge in [-0.1, -0.05) is 0 Å². The summed E-state index contributed by atoms with van der Waals surface area (Å²) in [7, 11) is 0. The van der Waals surface area contributed by atoms with E-state index in [1.165, 1.54) is 12.1 Å². The molecular weight excluding hydrogens is 252 g/mol. The van der Waals surface area contributed by atoms with E-state index in [0.29, 0.717) is 19.6 Å². The monoisotopic (exact) mass is 266 g/mol. The molecule has 2 N–H and O–H groups in total. The van der Waals surface area contributed by atoms with Gasteiger partial charge in [-0.3, -0.25) is 14.9 Å². The van der Waals surface area contributed by atoms with Crippen LogP contribution in [0.5, 0.6) is 0 Å². The first-order valence-corrected chi connectivity index (χ1v) is 5.87. The standard InChI is InChI=1S/C12H14N2O5/c15-12(16)11-5-10(6-13-11)19-7-8-1-3-9(4-2-8)14(17)18/h1-4,10-11,13H,5-7H2,(H,15,16)/t10-,11-/m0/s1. The molecule has 1 saturated heterocycles. The van der Waals surface area contributed by atoms with Crippen molar-refractivity contribution in [2.45, 2.75) is 25.2 Å². The maximum atomic E-state index is 10.7. The van der Waals surface area contributed by atoms with Gasteiger partial charge < -0.3 is 15.2 Å². The number of ether oxygens (including phenoxy) is 1. The maximum absolute atomic E-state index is 10.7. The van der Waals surface area contributed by atoms with Crippen LogP contribution in [0.1, 0.15) is 12.0 Å². The molecule has 1 fully saturated rings. The molecule has 2 rings (SSSR count). The van der Waals surface area contributed by atoms with Crippen LogP contribution in [0.2, 0.25) is 0 Å². The van der Waals surface area contributed by atoms with Crippen molar-refractivity contribution in [1.82, 2.24) is 5.32 Å². The number of nitrogens with one attached hydrogen (secondary N) is 1. The van der Waals surface area contributed by atoms with Gasteiger partial charge in [-0.15, -0.1) is 0 Å². The van der Waals surface area contributed by atoms with Gasteiger partial charge >= 0.3 is 5.97 Å². The molecule has 0 saturated carbocycles. The molecule has 0 aliphatic carbocycles. The van der Waals surface area contributed by atoms with Crippen LogP contribution in [0.4, 0.5) is 5.69 Å². The third-order valence-corrected chi connectivity index (χ3v) is 3.02. The van der Waals surface area contributed by atoms with Crippen LogP contribution < -0.4 is 5.32 Å². The molecule has 0 spiro atoms. The quantitative estimate of drug-likeness (QED) is 0.607. The number of nitro benzene ring substituents is 1. The zero-order chi connectivity index (χ0) is 13.8. The number of aliphatic carboxylic acids is 1. The van der Waals surface area contributed by atoms with Crippen LogP contribution >= 0.6 is 0 Å². The molecule has 0 aromatic heterocycles. The molecule has 0 unspecified atom stereocenters. The summed E-state index contributed by atoms with van der Waals surface area (Å²) >= 11 is 0. The number of carboxylic acid groups (broad SMARTS) is 1. The van der Waals surface area contributed by atoms with Crippen molar-refractivity contribution in [2.24, 2.45) is 0 Å². The van der Waals surface area contributed by atoms with Crippen LogP contribution in [0.3, 0.4) is 0 Å². The molecule has 2 atom stereocenters. The van der Waals surface area contributed by atoms with E-state index in [9.17, 15) is 14.9 Å². The number of hydrogen-bond acceptors (Lipinski definition) is 5. The lowest BCUT2D eigenvalue weighted by atomic mass is 10.2. The summed E-state index contributed by atoms with van der Waals surface area (Å²) in [6.07, 6.45) is 0.291. The first-order chi connectivity index (χ1) is 9.06. The van der Waals surface area contributed by atoms with E-state index in [2.05, 4.69) is 5.32 Å². The van der Waals surface area contributed by atoms with Gasteiger partial charge in [-0.25, -0.2) is 0 Å². The molecule has 1 aromatic rings. The molecule has 1 aromatic carbocycles. The normalized spacial score (nSPS) is 22.3. The Kier molecular flexibility index (Phi) is 4.08. The second-order valence-electron chi connectivity index (χ2n) is 4.39. The number of carbonyl (C=O) groups is 1. The van der Waals surface area contributed by atoms with Crippen molar-refractivity contribution < 1.29 is 19.6 Å². The van der Waals surface area contributed by atoms with E-state index >= 15 is 0 Å². The van der Waals surface area contributed by atoms with Crippen LogP contribution in [0.15, 0.2) is 24.3 Å². The van der Waals surface area contributed by atoms with Crippen LogP contribution in [0, 0.1) is 10.1 Å². The van der Waals surface area contributed by atoms with Crippen molar-refractivity contribution in [2.75, 3.05) is 6.54 Å². The number of nitro groups is 1. The molecule has 0 radical (unpaired) electrons. The Morgan fingerprint density at radius 2 is 2.16 bits per heavy atom. The van der Waals surface area contributed by atoms with Crippen molar-refractivity contribution >= 4 is 11.7 Å². The fraction of sp³-hybridized carbons (Fsp3) is 0.417. The number of hydrogen-bond donors (Lipinski definition) is 2. The predicted molar refractivity (Wildman–Crippen MR) is 65.7 cm³/mol. The Morgan fingerprint density at radius 1 is 1.47 bits per heavy atom. The second kappa shape index (κ2) is 5.77. The highest BCUT2D eigenvalue weighted by Gasteiger charge is 2.29. The lowest BCUT2D eigenvalue weighted by Gasteiger charge is -2.10. The van der Waals surface area contributed by atoms with Crippen LogP contribution in [-0.4, -0.2) is 34.7 Å². The first kappa shape index (κ1) is 13.4. The summed E-state index contributed by atoms with van der Waals surface area (Å²) in [4.78, 5) is 20.8. The highest BCUT2D eigenvalue weighted by Crippen LogP contribution is 2.16. The highest BCUT2D eigenvalue weighted by molar-refractivity contribution is 5.73. The molecule has 1 aliphatic heterocycles. The SMILES string of the molecule is O=C(O)[C@@H]1C[C@H](OCc2ccc([N+](=O)[O-])cc2)CN1. The fourth-order valence-electron chi connectivity index (χ4n) is 1.95.